The molecule has 0 aromatic heterocycles. The van der Waals surface area contributed by atoms with E-state index in [1.54, 1.807) is 0 Å². The van der Waals surface area contributed by atoms with Crippen molar-refractivity contribution in [3.63, 3.8) is 0 Å². The summed E-state index contributed by atoms with van der Waals surface area (Å²) >= 11 is 0. The molecule has 0 aliphatic carbocycles. The Morgan fingerprint density at radius 1 is 0.773 bits per heavy atom. The minimum absolute atomic E-state index is 0.342. The summed E-state index contributed by atoms with van der Waals surface area (Å²) < 4.78 is 0. The first-order valence-corrected chi connectivity index (χ1v) is 9.10. The molecule has 0 spiro atoms. The summed E-state index contributed by atoms with van der Waals surface area (Å²) in [6, 6.07) is 0.894. The van der Waals surface area contributed by atoms with Gasteiger partial charge in [-0.15, -0.1) is 0 Å². The van der Waals surface area contributed by atoms with Crippen LogP contribution in [0.4, 0.5) is 0 Å². The molecule has 0 aromatic rings. The average Bonchev–Trinajstić information content (AvgIpc) is 2.83. The monoisotopic (exact) mass is 310 g/mol. The van der Waals surface area contributed by atoms with Crippen LogP contribution in [-0.4, -0.2) is 46.8 Å². The van der Waals surface area contributed by atoms with Crippen LogP contribution in [0.15, 0.2) is 0 Å². The Hall–Kier alpha value is -1.06. The SMILES string of the molecule is CCC(C)N1CCCC1=O.CCC(C)N1CCCCCC1=O. The number of likely N-dealkylation sites (tertiary alicyclic amines) is 2. The smallest absolute Gasteiger partial charge is 0.222 e. The third-order valence-electron chi connectivity index (χ3n) is 4.97. The van der Waals surface area contributed by atoms with E-state index in [0.717, 1.165) is 51.6 Å². The second-order valence-electron chi connectivity index (χ2n) is 6.60. The molecular weight excluding hydrogens is 276 g/mol. The summed E-state index contributed by atoms with van der Waals surface area (Å²) in [6.45, 7) is 10.5. The molecule has 0 aromatic carbocycles. The Morgan fingerprint density at radius 2 is 1.23 bits per heavy atom. The predicted octanol–water partition coefficient (Wildman–Crippen LogP) is 3.59. The first-order valence-electron chi connectivity index (χ1n) is 9.10. The molecular formula is C18H34N2O2. The van der Waals surface area contributed by atoms with Crippen molar-refractivity contribution in [2.75, 3.05) is 13.1 Å². The van der Waals surface area contributed by atoms with Gasteiger partial charge in [0.2, 0.25) is 11.8 Å². The van der Waals surface area contributed by atoms with Crippen molar-refractivity contribution < 1.29 is 9.59 Å². The summed E-state index contributed by atoms with van der Waals surface area (Å²) in [5.74, 6) is 0.705. The van der Waals surface area contributed by atoms with Gasteiger partial charge in [-0.2, -0.15) is 0 Å². The normalized spacial score (nSPS) is 22.0. The fraction of sp³-hybridized carbons (Fsp3) is 0.889. The van der Waals surface area contributed by atoms with Gasteiger partial charge >= 0.3 is 0 Å². The van der Waals surface area contributed by atoms with Gasteiger partial charge in [-0.1, -0.05) is 20.3 Å². The fourth-order valence-corrected chi connectivity index (χ4v) is 3.05. The first kappa shape index (κ1) is 19.0. The molecule has 0 radical (unpaired) electrons. The van der Waals surface area contributed by atoms with Gasteiger partial charge in [0, 0.05) is 38.0 Å². The van der Waals surface area contributed by atoms with Gasteiger partial charge in [0.05, 0.1) is 0 Å². The molecule has 4 heteroatoms. The third kappa shape index (κ3) is 5.62. The molecule has 2 atom stereocenters. The summed E-state index contributed by atoms with van der Waals surface area (Å²) in [5, 5.41) is 0. The lowest BCUT2D eigenvalue weighted by Gasteiger charge is -2.26. The van der Waals surface area contributed by atoms with Gasteiger partial charge in [-0.05, 0) is 46.0 Å². The number of amides is 2. The Bertz CT molecular complexity index is 357. The van der Waals surface area contributed by atoms with E-state index in [1.165, 1.54) is 12.8 Å². The zero-order chi connectivity index (χ0) is 16.5. The molecule has 2 amide bonds. The highest BCUT2D eigenvalue weighted by Gasteiger charge is 2.23. The quantitative estimate of drug-likeness (QED) is 0.796. The van der Waals surface area contributed by atoms with E-state index in [1.807, 2.05) is 9.80 Å². The largest absolute Gasteiger partial charge is 0.340 e. The second-order valence-corrected chi connectivity index (χ2v) is 6.60. The summed E-state index contributed by atoms with van der Waals surface area (Å²) in [4.78, 5) is 26.7. The molecule has 4 nitrogen and oxygen atoms in total. The van der Waals surface area contributed by atoms with Crippen LogP contribution >= 0.6 is 0 Å². The van der Waals surface area contributed by atoms with E-state index in [4.69, 9.17) is 0 Å². The highest BCUT2D eigenvalue weighted by atomic mass is 16.2. The van der Waals surface area contributed by atoms with Crippen LogP contribution in [0, 0.1) is 0 Å². The summed E-state index contributed by atoms with van der Waals surface area (Å²) in [7, 11) is 0. The minimum atomic E-state index is 0.342. The lowest BCUT2D eigenvalue weighted by Crippen LogP contribution is -2.37. The number of hydrogen-bond donors (Lipinski definition) is 0. The average molecular weight is 310 g/mol. The molecule has 2 rings (SSSR count). The lowest BCUT2D eigenvalue weighted by molar-refractivity contribution is -0.132. The summed E-state index contributed by atoms with van der Waals surface area (Å²) in [5.41, 5.74) is 0. The van der Waals surface area contributed by atoms with Gasteiger partial charge in [0.1, 0.15) is 0 Å². The van der Waals surface area contributed by atoms with Crippen molar-refractivity contribution in [1.29, 1.82) is 0 Å². The van der Waals surface area contributed by atoms with E-state index in [9.17, 15) is 9.59 Å². The van der Waals surface area contributed by atoms with Crippen LogP contribution in [0.5, 0.6) is 0 Å². The van der Waals surface area contributed by atoms with Crippen LogP contribution in [-0.2, 0) is 9.59 Å². The number of carbonyl (C=O) groups excluding carboxylic acids is 2. The Labute approximate surface area is 136 Å². The Kier molecular flexibility index (Phi) is 8.51. The van der Waals surface area contributed by atoms with Gasteiger partial charge in [0.25, 0.3) is 0 Å². The number of nitrogens with zero attached hydrogens (tertiary/aromatic N) is 2. The molecule has 128 valence electrons. The Balaban J connectivity index is 0.000000224. The predicted molar refractivity (Wildman–Crippen MR) is 90.6 cm³/mol. The van der Waals surface area contributed by atoms with E-state index in [2.05, 4.69) is 27.7 Å². The van der Waals surface area contributed by atoms with Crippen molar-refractivity contribution in [3.8, 4) is 0 Å². The molecule has 2 heterocycles. The van der Waals surface area contributed by atoms with E-state index >= 15 is 0 Å². The summed E-state index contributed by atoms with van der Waals surface area (Å²) in [6.07, 6.45) is 8.25. The highest BCUT2D eigenvalue weighted by Crippen LogP contribution is 2.15. The maximum atomic E-state index is 11.5. The van der Waals surface area contributed by atoms with E-state index in [-0.39, 0.29) is 0 Å². The van der Waals surface area contributed by atoms with E-state index < -0.39 is 0 Å². The molecule has 0 N–H and O–H groups in total. The van der Waals surface area contributed by atoms with Crippen molar-refractivity contribution in [2.45, 2.75) is 91.1 Å². The third-order valence-corrected chi connectivity index (χ3v) is 4.97. The van der Waals surface area contributed by atoms with E-state index in [0.29, 0.717) is 23.9 Å². The Morgan fingerprint density at radius 3 is 1.68 bits per heavy atom. The zero-order valence-electron chi connectivity index (χ0n) is 14.9. The fourth-order valence-electron chi connectivity index (χ4n) is 3.05. The number of carbonyl (C=O) groups is 2. The standard InChI is InChI=1S/C10H19NO.C8H15NO/c1-3-9(2)11-8-6-4-5-7-10(11)12;1-3-7(2)9-6-4-5-8(9)10/h9H,3-8H2,1-2H3;7H,3-6H2,1-2H3. The van der Waals surface area contributed by atoms with Crippen molar-refractivity contribution in [2.24, 2.45) is 0 Å². The van der Waals surface area contributed by atoms with Gasteiger partial charge in [-0.25, -0.2) is 0 Å². The number of hydrogen-bond acceptors (Lipinski definition) is 2. The van der Waals surface area contributed by atoms with Crippen molar-refractivity contribution >= 4 is 11.8 Å². The molecule has 2 aliphatic heterocycles. The zero-order valence-corrected chi connectivity index (χ0v) is 14.9. The van der Waals surface area contributed by atoms with Crippen LogP contribution in [0.25, 0.3) is 0 Å². The molecule has 22 heavy (non-hydrogen) atoms. The highest BCUT2D eigenvalue weighted by molar-refractivity contribution is 5.78. The topological polar surface area (TPSA) is 40.6 Å². The molecule has 2 saturated heterocycles. The van der Waals surface area contributed by atoms with Crippen molar-refractivity contribution in [3.05, 3.63) is 0 Å². The second kappa shape index (κ2) is 9.86. The molecule has 0 saturated carbocycles. The lowest BCUT2D eigenvalue weighted by atomic mass is 10.2. The van der Waals surface area contributed by atoms with Crippen molar-refractivity contribution in [1.82, 2.24) is 9.80 Å². The molecule has 0 bridgehead atoms. The van der Waals surface area contributed by atoms with Gasteiger partial charge < -0.3 is 9.80 Å². The van der Waals surface area contributed by atoms with Crippen LogP contribution in [0.1, 0.15) is 79.1 Å². The maximum absolute atomic E-state index is 11.5. The molecule has 2 unspecified atom stereocenters. The number of rotatable bonds is 4. The van der Waals surface area contributed by atoms with Gasteiger partial charge in [-0.3, -0.25) is 9.59 Å². The molecule has 2 fully saturated rings. The van der Waals surface area contributed by atoms with Crippen LogP contribution in [0.2, 0.25) is 0 Å². The maximum Gasteiger partial charge on any atom is 0.222 e. The van der Waals surface area contributed by atoms with Crippen LogP contribution < -0.4 is 0 Å². The molecule has 2 aliphatic rings. The first-order chi connectivity index (χ1) is 10.5. The van der Waals surface area contributed by atoms with Crippen LogP contribution in [0.3, 0.4) is 0 Å². The van der Waals surface area contributed by atoms with Gasteiger partial charge in [0.15, 0.2) is 0 Å². The minimum Gasteiger partial charge on any atom is -0.340 e.